The average molecular weight is 159 g/mol. The minimum Gasteiger partial charge on any atom is -0.326 e. The van der Waals surface area contributed by atoms with Crippen LogP contribution in [0.1, 0.15) is 15.9 Å². The highest BCUT2D eigenvalue weighted by molar-refractivity contribution is 5.98. The minimum atomic E-state index is -0.0400. The van der Waals surface area contributed by atoms with E-state index < -0.39 is 0 Å². The normalized spacial score (nSPS) is 15.3. The number of hydrogen-bond acceptors (Lipinski definition) is 1. The third kappa shape index (κ3) is 1.01. The number of allylic oxidation sites excluding steroid dienone is 1. The molecule has 1 N–H and O–H groups in total. The van der Waals surface area contributed by atoms with E-state index in [2.05, 4.69) is 11.9 Å². The summed E-state index contributed by atoms with van der Waals surface area (Å²) in [4.78, 5) is 11.3. The monoisotopic (exact) mass is 159 g/mol. The molecule has 0 unspecified atom stereocenters. The van der Waals surface area contributed by atoms with Crippen molar-refractivity contribution in [2.24, 2.45) is 0 Å². The number of benzene rings is 1. The van der Waals surface area contributed by atoms with Crippen LogP contribution in [0.5, 0.6) is 0 Å². The largest absolute Gasteiger partial charge is 0.326 e. The lowest BCUT2D eigenvalue weighted by Crippen LogP contribution is -2.29. The Morgan fingerprint density at radius 1 is 1.33 bits per heavy atom. The minimum absolute atomic E-state index is 0.0400. The van der Waals surface area contributed by atoms with E-state index in [1.807, 2.05) is 24.3 Å². The van der Waals surface area contributed by atoms with Crippen LogP contribution in [-0.4, -0.2) is 5.91 Å². The van der Waals surface area contributed by atoms with Crippen molar-refractivity contribution in [2.45, 2.75) is 6.42 Å². The first-order valence-corrected chi connectivity index (χ1v) is 3.84. The molecule has 1 amide bonds. The van der Waals surface area contributed by atoms with E-state index in [0.29, 0.717) is 0 Å². The van der Waals surface area contributed by atoms with Gasteiger partial charge in [0, 0.05) is 17.7 Å². The number of hydrogen-bond donors (Lipinski definition) is 1. The Balaban J connectivity index is 2.54. The van der Waals surface area contributed by atoms with E-state index in [0.717, 1.165) is 23.2 Å². The number of nitrogens with one attached hydrogen (secondary N) is 1. The van der Waals surface area contributed by atoms with Gasteiger partial charge in [0.1, 0.15) is 0 Å². The third-order valence-electron chi connectivity index (χ3n) is 1.96. The Labute approximate surface area is 70.9 Å². The lowest BCUT2D eigenvalue weighted by molar-refractivity contribution is 0.0959. The Kier molecular flexibility index (Phi) is 1.47. The molecular weight excluding hydrogens is 150 g/mol. The van der Waals surface area contributed by atoms with Crippen LogP contribution < -0.4 is 5.32 Å². The van der Waals surface area contributed by atoms with Crippen molar-refractivity contribution in [1.82, 2.24) is 5.32 Å². The molecule has 0 bridgehead atoms. The maximum Gasteiger partial charge on any atom is 0.255 e. The number of fused-ring (bicyclic) bond motifs is 1. The fourth-order valence-corrected chi connectivity index (χ4v) is 1.40. The zero-order valence-corrected chi connectivity index (χ0v) is 6.63. The molecule has 12 heavy (non-hydrogen) atoms. The second-order valence-electron chi connectivity index (χ2n) is 2.89. The number of rotatable bonds is 0. The van der Waals surface area contributed by atoms with Gasteiger partial charge in [-0.2, -0.15) is 0 Å². The molecule has 0 saturated heterocycles. The molecule has 2 nitrogen and oxygen atoms in total. The van der Waals surface area contributed by atoms with Gasteiger partial charge >= 0.3 is 0 Å². The zero-order valence-electron chi connectivity index (χ0n) is 6.63. The van der Waals surface area contributed by atoms with E-state index in [4.69, 9.17) is 0 Å². The van der Waals surface area contributed by atoms with E-state index in [-0.39, 0.29) is 5.91 Å². The first kappa shape index (κ1) is 7.10. The Hall–Kier alpha value is -1.57. The van der Waals surface area contributed by atoms with Gasteiger partial charge in [-0.3, -0.25) is 4.79 Å². The van der Waals surface area contributed by atoms with Gasteiger partial charge < -0.3 is 5.32 Å². The molecule has 0 aliphatic carbocycles. The summed E-state index contributed by atoms with van der Waals surface area (Å²) >= 11 is 0. The SMILES string of the molecule is C=C1Cc2ccccc2C(=O)N1. The summed E-state index contributed by atoms with van der Waals surface area (Å²) in [6.45, 7) is 3.73. The van der Waals surface area contributed by atoms with Gasteiger partial charge in [-0.05, 0) is 11.6 Å². The van der Waals surface area contributed by atoms with Gasteiger partial charge in [-0.1, -0.05) is 24.8 Å². The molecule has 60 valence electrons. The Bertz CT molecular complexity index is 355. The van der Waals surface area contributed by atoms with Crippen molar-refractivity contribution >= 4 is 5.91 Å². The van der Waals surface area contributed by atoms with Crippen LogP contribution >= 0.6 is 0 Å². The van der Waals surface area contributed by atoms with Gasteiger partial charge in [-0.15, -0.1) is 0 Å². The number of amides is 1. The summed E-state index contributed by atoms with van der Waals surface area (Å²) in [5.41, 5.74) is 2.61. The van der Waals surface area contributed by atoms with Gasteiger partial charge in [0.05, 0.1) is 0 Å². The van der Waals surface area contributed by atoms with E-state index >= 15 is 0 Å². The molecule has 0 atom stereocenters. The van der Waals surface area contributed by atoms with E-state index in [9.17, 15) is 4.79 Å². The van der Waals surface area contributed by atoms with Crippen LogP contribution in [0.4, 0.5) is 0 Å². The highest BCUT2D eigenvalue weighted by atomic mass is 16.1. The summed E-state index contributed by atoms with van der Waals surface area (Å²) in [5.74, 6) is -0.0400. The van der Waals surface area contributed by atoms with Gasteiger partial charge in [0.2, 0.25) is 0 Å². The molecule has 0 radical (unpaired) electrons. The second kappa shape index (κ2) is 2.48. The molecule has 2 rings (SSSR count). The molecule has 2 heteroatoms. The number of carbonyl (C=O) groups excluding carboxylic acids is 1. The first-order valence-electron chi connectivity index (χ1n) is 3.84. The Morgan fingerprint density at radius 2 is 2.08 bits per heavy atom. The predicted molar refractivity (Wildman–Crippen MR) is 46.8 cm³/mol. The topological polar surface area (TPSA) is 29.1 Å². The van der Waals surface area contributed by atoms with Crippen LogP contribution in [-0.2, 0) is 6.42 Å². The lowest BCUT2D eigenvalue weighted by atomic mass is 9.99. The van der Waals surface area contributed by atoms with Gasteiger partial charge in [0.25, 0.3) is 5.91 Å². The lowest BCUT2D eigenvalue weighted by Gasteiger charge is -2.17. The molecular formula is C10H9NO. The summed E-state index contributed by atoms with van der Waals surface area (Å²) < 4.78 is 0. The highest BCUT2D eigenvalue weighted by Gasteiger charge is 2.17. The van der Waals surface area contributed by atoms with Crippen LogP contribution in [0.3, 0.4) is 0 Å². The van der Waals surface area contributed by atoms with Crippen LogP contribution in [0.15, 0.2) is 36.5 Å². The molecule has 1 aromatic carbocycles. The summed E-state index contributed by atoms with van der Waals surface area (Å²) in [7, 11) is 0. The van der Waals surface area contributed by atoms with Gasteiger partial charge in [0.15, 0.2) is 0 Å². The van der Waals surface area contributed by atoms with Crippen molar-refractivity contribution in [3.8, 4) is 0 Å². The van der Waals surface area contributed by atoms with Gasteiger partial charge in [-0.25, -0.2) is 0 Å². The maximum atomic E-state index is 11.3. The summed E-state index contributed by atoms with van der Waals surface area (Å²) in [6.07, 6.45) is 0.752. The molecule has 0 saturated carbocycles. The van der Waals surface area contributed by atoms with Crippen LogP contribution in [0.25, 0.3) is 0 Å². The van der Waals surface area contributed by atoms with Crippen molar-refractivity contribution in [3.63, 3.8) is 0 Å². The molecule has 0 aromatic heterocycles. The van der Waals surface area contributed by atoms with E-state index in [1.165, 1.54) is 0 Å². The maximum absolute atomic E-state index is 11.3. The summed E-state index contributed by atoms with van der Waals surface area (Å²) in [5, 5.41) is 2.70. The van der Waals surface area contributed by atoms with Crippen molar-refractivity contribution in [2.75, 3.05) is 0 Å². The fourth-order valence-electron chi connectivity index (χ4n) is 1.40. The zero-order chi connectivity index (χ0) is 8.55. The molecule has 1 heterocycles. The fraction of sp³-hybridized carbons (Fsp3) is 0.100. The van der Waals surface area contributed by atoms with Crippen LogP contribution in [0, 0.1) is 0 Å². The third-order valence-corrected chi connectivity index (χ3v) is 1.96. The standard InChI is InChI=1S/C10H9NO/c1-7-6-8-4-2-3-5-9(8)10(12)11-7/h2-5H,1,6H2,(H,11,12). The van der Waals surface area contributed by atoms with E-state index in [1.54, 1.807) is 0 Å². The molecule has 0 spiro atoms. The summed E-state index contributed by atoms with van der Waals surface area (Å²) in [6, 6.07) is 7.59. The predicted octanol–water partition coefficient (Wildman–Crippen LogP) is 1.49. The van der Waals surface area contributed by atoms with Crippen molar-refractivity contribution in [3.05, 3.63) is 47.7 Å². The molecule has 0 fully saturated rings. The molecule has 1 aromatic rings. The van der Waals surface area contributed by atoms with Crippen molar-refractivity contribution < 1.29 is 4.79 Å². The second-order valence-corrected chi connectivity index (χ2v) is 2.89. The molecule has 1 aliphatic heterocycles. The molecule has 1 aliphatic rings. The smallest absolute Gasteiger partial charge is 0.255 e. The van der Waals surface area contributed by atoms with Crippen LogP contribution in [0.2, 0.25) is 0 Å². The van der Waals surface area contributed by atoms with Crippen molar-refractivity contribution in [1.29, 1.82) is 0 Å². The Morgan fingerprint density at radius 3 is 2.92 bits per heavy atom. The first-order chi connectivity index (χ1) is 5.77. The average Bonchev–Trinajstić information content (AvgIpc) is 2.04. The highest BCUT2D eigenvalue weighted by Crippen LogP contribution is 2.16. The number of carbonyl (C=O) groups is 1. The quantitative estimate of drug-likeness (QED) is 0.610.